The van der Waals surface area contributed by atoms with Crippen LogP contribution in [0.25, 0.3) is 0 Å². The van der Waals surface area contributed by atoms with E-state index in [1.165, 1.54) is 16.7 Å². The molecule has 2 heteroatoms. The summed E-state index contributed by atoms with van der Waals surface area (Å²) in [5.41, 5.74) is 4.33. The van der Waals surface area contributed by atoms with Crippen molar-refractivity contribution in [1.82, 2.24) is 0 Å². The standard InChI is InChI=1S/C20H28O2/c1-13-5-4-6-19(21)20-14(2)11-15-12-16(22-3)8-10-17(15)18(20)9-7-13/h5,8,10,12,14,18-21H,4,6-7,9,11H2,1-3H3/b13-5+/t14-,18-,19+,20-/m1/s1. The number of rotatable bonds is 1. The van der Waals surface area contributed by atoms with Gasteiger partial charge in [0.15, 0.2) is 0 Å². The topological polar surface area (TPSA) is 29.5 Å². The van der Waals surface area contributed by atoms with Gasteiger partial charge in [-0.25, -0.2) is 0 Å². The van der Waals surface area contributed by atoms with E-state index in [4.69, 9.17) is 4.74 Å². The summed E-state index contributed by atoms with van der Waals surface area (Å²) < 4.78 is 5.40. The van der Waals surface area contributed by atoms with E-state index in [1.807, 2.05) is 0 Å². The lowest BCUT2D eigenvalue weighted by Crippen LogP contribution is -2.36. The van der Waals surface area contributed by atoms with E-state index < -0.39 is 0 Å². The zero-order valence-corrected chi connectivity index (χ0v) is 14.0. The van der Waals surface area contributed by atoms with Gasteiger partial charge in [0, 0.05) is 0 Å². The fraction of sp³-hybridized carbons (Fsp3) is 0.600. The summed E-state index contributed by atoms with van der Waals surface area (Å²) in [6.07, 6.45) is 7.39. The van der Waals surface area contributed by atoms with Crippen LogP contribution in [0.1, 0.15) is 56.6 Å². The minimum absolute atomic E-state index is 0.183. The molecule has 0 saturated carbocycles. The highest BCUT2D eigenvalue weighted by Crippen LogP contribution is 2.46. The van der Waals surface area contributed by atoms with Crippen molar-refractivity contribution in [2.45, 2.75) is 58.0 Å². The van der Waals surface area contributed by atoms with Gasteiger partial charge in [0.25, 0.3) is 0 Å². The van der Waals surface area contributed by atoms with Gasteiger partial charge in [-0.05, 0) is 80.0 Å². The number of methoxy groups -OCH3 is 1. The van der Waals surface area contributed by atoms with Crippen molar-refractivity contribution in [3.63, 3.8) is 0 Å². The molecule has 0 unspecified atom stereocenters. The third kappa shape index (κ3) is 2.94. The summed E-state index contributed by atoms with van der Waals surface area (Å²) >= 11 is 0. The maximum Gasteiger partial charge on any atom is 0.119 e. The summed E-state index contributed by atoms with van der Waals surface area (Å²) in [5, 5.41) is 10.8. The van der Waals surface area contributed by atoms with Gasteiger partial charge in [-0.1, -0.05) is 24.6 Å². The van der Waals surface area contributed by atoms with Gasteiger partial charge in [-0.15, -0.1) is 0 Å². The van der Waals surface area contributed by atoms with Crippen LogP contribution < -0.4 is 4.74 Å². The van der Waals surface area contributed by atoms with Crippen molar-refractivity contribution in [2.24, 2.45) is 11.8 Å². The van der Waals surface area contributed by atoms with Gasteiger partial charge in [0.1, 0.15) is 5.75 Å². The van der Waals surface area contributed by atoms with Crippen LogP contribution >= 0.6 is 0 Å². The van der Waals surface area contributed by atoms with Gasteiger partial charge < -0.3 is 9.84 Å². The van der Waals surface area contributed by atoms with E-state index in [1.54, 1.807) is 7.11 Å². The van der Waals surface area contributed by atoms with E-state index in [-0.39, 0.29) is 6.10 Å². The predicted octanol–water partition coefficient (Wildman–Crippen LogP) is 4.47. The van der Waals surface area contributed by atoms with Crippen LogP contribution in [0.4, 0.5) is 0 Å². The first-order valence-corrected chi connectivity index (χ1v) is 8.60. The summed E-state index contributed by atoms with van der Waals surface area (Å²) in [5.74, 6) is 2.34. The molecule has 1 aromatic carbocycles. The van der Waals surface area contributed by atoms with Crippen LogP contribution in [0.3, 0.4) is 0 Å². The lowest BCUT2D eigenvalue weighted by molar-refractivity contribution is 0.0462. The van der Waals surface area contributed by atoms with E-state index in [9.17, 15) is 5.11 Å². The molecule has 0 fully saturated rings. The second-order valence-electron chi connectivity index (χ2n) is 7.16. The van der Waals surface area contributed by atoms with Crippen molar-refractivity contribution in [3.05, 3.63) is 41.0 Å². The maximum absolute atomic E-state index is 10.8. The molecule has 0 spiro atoms. The number of ether oxygens (including phenoxy) is 1. The highest BCUT2D eigenvalue weighted by atomic mass is 16.5. The summed E-state index contributed by atoms with van der Waals surface area (Å²) in [4.78, 5) is 0. The van der Waals surface area contributed by atoms with Crippen LogP contribution in [0.5, 0.6) is 5.75 Å². The van der Waals surface area contributed by atoms with Crippen LogP contribution in [-0.4, -0.2) is 18.3 Å². The largest absolute Gasteiger partial charge is 0.497 e. The van der Waals surface area contributed by atoms with Crippen LogP contribution in [0.15, 0.2) is 29.8 Å². The molecule has 3 rings (SSSR count). The summed E-state index contributed by atoms with van der Waals surface area (Å²) in [6, 6.07) is 6.51. The zero-order chi connectivity index (χ0) is 15.7. The number of allylic oxidation sites excluding steroid dienone is 2. The van der Waals surface area contributed by atoms with E-state index in [0.717, 1.165) is 37.9 Å². The average Bonchev–Trinajstić information content (AvgIpc) is 2.57. The monoisotopic (exact) mass is 300 g/mol. The second-order valence-corrected chi connectivity index (χ2v) is 7.16. The number of aliphatic hydroxyl groups is 1. The Morgan fingerprint density at radius 1 is 1.23 bits per heavy atom. The number of hydrogen-bond acceptors (Lipinski definition) is 2. The van der Waals surface area contributed by atoms with Crippen LogP contribution in [-0.2, 0) is 6.42 Å². The molecule has 0 radical (unpaired) electrons. The molecule has 0 bridgehead atoms. The third-order valence-corrected chi connectivity index (χ3v) is 5.66. The number of hydrogen-bond donors (Lipinski definition) is 1. The molecule has 120 valence electrons. The van der Waals surface area contributed by atoms with Gasteiger partial charge >= 0.3 is 0 Å². The van der Waals surface area contributed by atoms with Crippen molar-refractivity contribution in [1.29, 1.82) is 0 Å². The SMILES string of the molecule is COc1ccc2c(c1)C[C@@H](C)[C@@H]1[C@@H]2CC/C(C)=C/CC[C@@H]1O. The molecular formula is C20H28O2. The smallest absolute Gasteiger partial charge is 0.119 e. The summed E-state index contributed by atoms with van der Waals surface area (Å²) in [7, 11) is 1.73. The highest BCUT2D eigenvalue weighted by molar-refractivity contribution is 5.40. The molecular weight excluding hydrogens is 272 g/mol. The first kappa shape index (κ1) is 15.6. The van der Waals surface area contributed by atoms with Crippen molar-refractivity contribution >= 4 is 0 Å². The molecule has 0 aliphatic heterocycles. The molecule has 0 heterocycles. The lowest BCUT2D eigenvalue weighted by atomic mass is 9.65. The molecule has 4 atom stereocenters. The Kier molecular flexibility index (Phi) is 4.58. The van der Waals surface area contributed by atoms with Gasteiger partial charge in [-0.2, -0.15) is 0 Å². The molecule has 2 aliphatic carbocycles. The third-order valence-electron chi connectivity index (χ3n) is 5.66. The first-order chi connectivity index (χ1) is 10.6. The maximum atomic E-state index is 10.8. The minimum Gasteiger partial charge on any atom is -0.497 e. The Labute approximate surface area is 134 Å². The second kappa shape index (κ2) is 6.45. The number of fused-ring (bicyclic) bond motifs is 3. The van der Waals surface area contributed by atoms with Gasteiger partial charge in [0.05, 0.1) is 13.2 Å². The Morgan fingerprint density at radius 2 is 2.05 bits per heavy atom. The lowest BCUT2D eigenvalue weighted by Gasteiger charge is -2.41. The predicted molar refractivity (Wildman–Crippen MR) is 90.3 cm³/mol. The Morgan fingerprint density at radius 3 is 2.82 bits per heavy atom. The van der Waals surface area contributed by atoms with Crippen molar-refractivity contribution < 1.29 is 9.84 Å². The van der Waals surface area contributed by atoms with E-state index in [0.29, 0.717) is 17.8 Å². The van der Waals surface area contributed by atoms with Gasteiger partial charge in [0.2, 0.25) is 0 Å². The van der Waals surface area contributed by atoms with Crippen LogP contribution in [0, 0.1) is 11.8 Å². The van der Waals surface area contributed by atoms with Crippen molar-refractivity contribution in [2.75, 3.05) is 7.11 Å². The van der Waals surface area contributed by atoms with Crippen LogP contribution in [0.2, 0.25) is 0 Å². The van der Waals surface area contributed by atoms with Gasteiger partial charge in [-0.3, -0.25) is 0 Å². The van der Waals surface area contributed by atoms with E-state index in [2.05, 4.69) is 38.1 Å². The molecule has 1 aromatic rings. The number of aliphatic hydroxyl groups excluding tert-OH is 1. The average molecular weight is 300 g/mol. The first-order valence-electron chi connectivity index (χ1n) is 8.60. The fourth-order valence-corrected chi connectivity index (χ4v) is 4.51. The molecule has 2 nitrogen and oxygen atoms in total. The normalized spacial score (nSPS) is 34.3. The quantitative estimate of drug-likeness (QED) is 0.775. The summed E-state index contributed by atoms with van der Waals surface area (Å²) in [6.45, 7) is 4.54. The van der Waals surface area contributed by atoms with Crippen molar-refractivity contribution in [3.8, 4) is 5.75 Å². The zero-order valence-electron chi connectivity index (χ0n) is 14.0. The molecule has 2 aliphatic rings. The molecule has 0 aromatic heterocycles. The molecule has 1 N–H and O–H groups in total. The Hall–Kier alpha value is -1.28. The Balaban J connectivity index is 1.99. The minimum atomic E-state index is -0.183. The highest BCUT2D eigenvalue weighted by Gasteiger charge is 2.38. The fourth-order valence-electron chi connectivity index (χ4n) is 4.51. The Bertz CT molecular complexity index is 561. The number of benzene rings is 1. The molecule has 22 heavy (non-hydrogen) atoms. The molecule has 0 saturated heterocycles. The van der Waals surface area contributed by atoms with E-state index >= 15 is 0 Å². The molecule has 0 amide bonds.